The Morgan fingerprint density at radius 2 is 1.81 bits per heavy atom. The average Bonchev–Trinajstić information content (AvgIpc) is 2.35. The second-order valence-electron chi connectivity index (χ2n) is 3.46. The average molecular weight is 239 g/mol. The topological polar surface area (TPSA) is 12.5 Å². The van der Waals surface area contributed by atoms with Crippen LogP contribution in [0, 0.1) is 0 Å². The lowest BCUT2D eigenvalue weighted by atomic mass is 10.3. The largest absolute Gasteiger partial charge is 0.494 e. The SMILES string of the molecule is CCN(CC)SCCCOc1ccccc1. The van der Waals surface area contributed by atoms with Crippen LogP contribution in [0.1, 0.15) is 20.3 Å². The molecule has 1 aromatic carbocycles. The third-order valence-electron chi connectivity index (χ3n) is 2.28. The molecule has 0 amide bonds. The molecule has 0 saturated carbocycles. The number of rotatable bonds is 8. The van der Waals surface area contributed by atoms with E-state index in [4.69, 9.17) is 4.74 Å². The Morgan fingerprint density at radius 3 is 2.44 bits per heavy atom. The van der Waals surface area contributed by atoms with Gasteiger partial charge in [-0.05, 0) is 18.6 Å². The summed E-state index contributed by atoms with van der Waals surface area (Å²) in [4.78, 5) is 0. The molecule has 0 aliphatic rings. The number of hydrogen-bond donors (Lipinski definition) is 0. The Balaban J connectivity index is 2.04. The van der Waals surface area contributed by atoms with Crippen molar-refractivity contribution >= 4 is 11.9 Å². The fourth-order valence-electron chi connectivity index (χ4n) is 1.37. The minimum absolute atomic E-state index is 0.804. The lowest BCUT2D eigenvalue weighted by Gasteiger charge is -2.16. The summed E-state index contributed by atoms with van der Waals surface area (Å²) in [6.07, 6.45) is 1.09. The molecule has 2 nitrogen and oxygen atoms in total. The predicted molar refractivity (Wildman–Crippen MR) is 71.9 cm³/mol. The molecule has 3 heteroatoms. The summed E-state index contributed by atoms with van der Waals surface area (Å²) in [5.74, 6) is 2.10. The van der Waals surface area contributed by atoms with E-state index in [2.05, 4.69) is 18.2 Å². The van der Waals surface area contributed by atoms with Gasteiger partial charge in [0.2, 0.25) is 0 Å². The molecule has 0 spiro atoms. The van der Waals surface area contributed by atoms with Gasteiger partial charge < -0.3 is 4.74 Å². The molecule has 0 aliphatic carbocycles. The summed E-state index contributed by atoms with van der Waals surface area (Å²) in [5.41, 5.74) is 0. The van der Waals surface area contributed by atoms with Crippen molar-refractivity contribution in [2.75, 3.05) is 25.4 Å². The number of benzene rings is 1. The van der Waals surface area contributed by atoms with Crippen LogP contribution in [-0.4, -0.2) is 29.8 Å². The zero-order valence-corrected chi connectivity index (χ0v) is 11.0. The van der Waals surface area contributed by atoms with Crippen molar-refractivity contribution in [3.63, 3.8) is 0 Å². The Labute approximate surface area is 103 Å². The van der Waals surface area contributed by atoms with Crippen LogP contribution in [0.2, 0.25) is 0 Å². The highest BCUT2D eigenvalue weighted by molar-refractivity contribution is 7.97. The van der Waals surface area contributed by atoms with E-state index in [1.54, 1.807) is 0 Å². The first-order valence-electron chi connectivity index (χ1n) is 5.92. The number of para-hydroxylation sites is 1. The first-order valence-corrected chi connectivity index (χ1v) is 6.86. The van der Waals surface area contributed by atoms with Crippen LogP contribution in [0.5, 0.6) is 5.75 Å². The molecule has 90 valence electrons. The van der Waals surface area contributed by atoms with Crippen molar-refractivity contribution in [3.05, 3.63) is 30.3 Å². The summed E-state index contributed by atoms with van der Waals surface area (Å²) in [6, 6.07) is 10.00. The maximum absolute atomic E-state index is 5.62. The van der Waals surface area contributed by atoms with Crippen LogP contribution in [-0.2, 0) is 0 Å². The van der Waals surface area contributed by atoms with Crippen molar-refractivity contribution in [3.8, 4) is 5.75 Å². The highest BCUT2D eigenvalue weighted by Gasteiger charge is 1.99. The van der Waals surface area contributed by atoms with E-state index in [0.717, 1.165) is 37.6 Å². The highest BCUT2D eigenvalue weighted by Crippen LogP contribution is 2.12. The van der Waals surface area contributed by atoms with Crippen LogP contribution in [0.3, 0.4) is 0 Å². The maximum Gasteiger partial charge on any atom is 0.119 e. The third kappa shape index (κ3) is 5.42. The lowest BCUT2D eigenvalue weighted by molar-refractivity contribution is 0.318. The minimum atomic E-state index is 0.804. The third-order valence-corrected chi connectivity index (χ3v) is 3.63. The van der Waals surface area contributed by atoms with Gasteiger partial charge in [-0.2, -0.15) is 0 Å². The molecule has 0 N–H and O–H groups in total. The summed E-state index contributed by atoms with van der Waals surface area (Å²) in [6.45, 7) is 7.41. The monoisotopic (exact) mass is 239 g/mol. The molecule has 0 saturated heterocycles. The number of nitrogens with zero attached hydrogens (tertiary/aromatic N) is 1. The van der Waals surface area contributed by atoms with Gasteiger partial charge in [0.15, 0.2) is 0 Å². The van der Waals surface area contributed by atoms with E-state index >= 15 is 0 Å². The zero-order chi connectivity index (χ0) is 11.6. The summed E-state index contributed by atoms with van der Waals surface area (Å²) >= 11 is 1.91. The van der Waals surface area contributed by atoms with Crippen LogP contribution in [0.15, 0.2) is 30.3 Å². The fourth-order valence-corrected chi connectivity index (χ4v) is 2.24. The molecular formula is C13H21NOS. The molecule has 16 heavy (non-hydrogen) atoms. The van der Waals surface area contributed by atoms with Crippen molar-refractivity contribution < 1.29 is 4.74 Å². The summed E-state index contributed by atoms with van der Waals surface area (Å²) in [7, 11) is 0. The van der Waals surface area contributed by atoms with Gasteiger partial charge in [-0.3, -0.25) is 4.31 Å². The smallest absolute Gasteiger partial charge is 0.119 e. The van der Waals surface area contributed by atoms with E-state index in [1.165, 1.54) is 0 Å². The van der Waals surface area contributed by atoms with Crippen LogP contribution in [0.25, 0.3) is 0 Å². The first-order chi connectivity index (χ1) is 7.86. The van der Waals surface area contributed by atoms with E-state index in [9.17, 15) is 0 Å². The van der Waals surface area contributed by atoms with Crippen molar-refractivity contribution in [1.82, 2.24) is 4.31 Å². The normalized spacial score (nSPS) is 10.7. The molecule has 0 bridgehead atoms. The van der Waals surface area contributed by atoms with Crippen LogP contribution >= 0.6 is 11.9 Å². The summed E-state index contributed by atoms with van der Waals surface area (Å²) < 4.78 is 7.99. The predicted octanol–water partition coefficient (Wildman–Crippen LogP) is 3.45. The van der Waals surface area contributed by atoms with Crippen molar-refractivity contribution in [2.45, 2.75) is 20.3 Å². The molecule has 0 fully saturated rings. The highest BCUT2D eigenvalue weighted by atomic mass is 32.2. The molecule has 1 rings (SSSR count). The van der Waals surface area contributed by atoms with Gasteiger partial charge in [0.05, 0.1) is 6.61 Å². The lowest BCUT2D eigenvalue weighted by Crippen LogP contribution is -2.15. The molecule has 0 atom stereocenters. The van der Waals surface area contributed by atoms with Crippen LogP contribution in [0.4, 0.5) is 0 Å². The van der Waals surface area contributed by atoms with Gasteiger partial charge in [0, 0.05) is 18.8 Å². The van der Waals surface area contributed by atoms with Gasteiger partial charge in [0.25, 0.3) is 0 Å². The Morgan fingerprint density at radius 1 is 1.12 bits per heavy atom. The molecule has 0 aromatic heterocycles. The molecule has 0 unspecified atom stereocenters. The van der Waals surface area contributed by atoms with E-state index in [-0.39, 0.29) is 0 Å². The van der Waals surface area contributed by atoms with E-state index in [0.29, 0.717) is 0 Å². The molecule has 0 heterocycles. The zero-order valence-electron chi connectivity index (χ0n) is 10.2. The standard InChI is InChI=1S/C13H21NOS/c1-3-14(4-2)16-12-8-11-15-13-9-6-5-7-10-13/h5-7,9-10H,3-4,8,11-12H2,1-2H3. The molecular weight excluding hydrogens is 218 g/mol. The fraction of sp³-hybridized carbons (Fsp3) is 0.538. The molecule has 1 aromatic rings. The van der Waals surface area contributed by atoms with Gasteiger partial charge in [-0.1, -0.05) is 44.0 Å². The Hall–Kier alpha value is -0.670. The number of ether oxygens (including phenoxy) is 1. The van der Waals surface area contributed by atoms with Crippen LogP contribution < -0.4 is 4.74 Å². The van der Waals surface area contributed by atoms with Gasteiger partial charge in [0.1, 0.15) is 5.75 Å². The minimum Gasteiger partial charge on any atom is -0.494 e. The Kier molecular flexibility index (Phi) is 7.10. The molecule has 0 radical (unpaired) electrons. The summed E-state index contributed by atoms with van der Waals surface area (Å²) in [5, 5.41) is 0. The maximum atomic E-state index is 5.62. The molecule has 0 aliphatic heterocycles. The van der Waals surface area contributed by atoms with Crippen molar-refractivity contribution in [2.24, 2.45) is 0 Å². The number of hydrogen-bond acceptors (Lipinski definition) is 3. The van der Waals surface area contributed by atoms with E-state index in [1.807, 2.05) is 42.3 Å². The first kappa shape index (κ1) is 13.4. The van der Waals surface area contributed by atoms with Crippen molar-refractivity contribution in [1.29, 1.82) is 0 Å². The van der Waals surface area contributed by atoms with Gasteiger partial charge >= 0.3 is 0 Å². The van der Waals surface area contributed by atoms with Gasteiger partial charge in [-0.15, -0.1) is 0 Å². The van der Waals surface area contributed by atoms with Gasteiger partial charge in [-0.25, -0.2) is 0 Å². The quantitative estimate of drug-likeness (QED) is 0.509. The Bertz CT molecular complexity index is 262. The second kappa shape index (κ2) is 8.48. The second-order valence-corrected chi connectivity index (χ2v) is 4.65. The van der Waals surface area contributed by atoms with E-state index < -0.39 is 0 Å².